The van der Waals surface area contributed by atoms with E-state index in [1.807, 2.05) is 44.8 Å². The van der Waals surface area contributed by atoms with Crippen LogP contribution < -0.4 is 10.8 Å². The molecule has 1 radical (unpaired) electrons. The molecule has 1 aromatic carbocycles. The molecule has 1 aliphatic heterocycles. The molecule has 0 saturated carbocycles. The first-order valence-corrected chi connectivity index (χ1v) is 12.1. The fraction of sp³-hybridized carbons (Fsp3) is 0.464. The fourth-order valence-electron chi connectivity index (χ4n) is 5.62. The van der Waals surface area contributed by atoms with Crippen molar-refractivity contribution in [3.8, 4) is 11.1 Å². The molecule has 1 saturated heterocycles. The van der Waals surface area contributed by atoms with E-state index in [0.29, 0.717) is 11.6 Å². The predicted octanol–water partition coefficient (Wildman–Crippen LogP) is 5.11. The molecule has 0 bridgehead atoms. The zero-order chi connectivity index (χ0) is 25.0. The summed E-state index contributed by atoms with van der Waals surface area (Å²) in [4.78, 5) is 6.84. The number of benzene rings is 1. The molecule has 4 nitrogen and oxygen atoms in total. The van der Waals surface area contributed by atoms with Gasteiger partial charge in [0.05, 0.1) is 5.69 Å². The largest absolute Gasteiger partial charge is 0.383 e. The highest BCUT2D eigenvalue weighted by atomic mass is 19.1. The van der Waals surface area contributed by atoms with Crippen molar-refractivity contribution in [2.24, 2.45) is 0 Å². The van der Waals surface area contributed by atoms with Crippen LogP contribution in [0.25, 0.3) is 16.8 Å². The lowest BCUT2D eigenvalue weighted by atomic mass is 9.64. The number of rotatable bonds is 5. The van der Waals surface area contributed by atoms with Crippen LogP contribution >= 0.6 is 0 Å². The Balaban J connectivity index is 1.62. The minimum atomic E-state index is -0.206. The van der Waals surface area contributed by atoms with Gasteiger partial charge in [0.25, 0.3) is 0 Å². The number of nitrogens with zero attached hydrogens (tertiary/aromatic N) is 3. The maximum absolute atomic E-state index is 15.1. The quantitative estimate of drug-likeness (QED) is 0.539. The Kier molecular flexibility index (Phi) is 6.18. The monoisotopic (exact) mass is 459 g/mol. The molecule has 0 aliphatic carbocycles. The van der Waals surface area contributed by atoms with E-state index in [4.69, 9.17) is 0 Å². The number of hydrogen-bond acceptors (Lipinski definition) is 3. The van der Waals surface area contributed by atoms with E-state index in [9.17, 15) is 0 Å². The Morgan fingerprint density at radius 3 is 2.38 bits per heavy atom. The van der Waals surface area contributed by atoms with Gasteiger partial charge in [-0.25, -0.2) is 9.37 Å². The maximum atomic E-state index is 15.1. The van der Waals surface area contributed by atoms with E-state index in [1.165, 1.54) is 0 Å². The Morgan fingerprint density at radius 1 is 1.09 bits per heavy atom. The van der Waals surface area contributed by atoms with Crippen LogP contribution in [0.1, 0.15) is 57.4 Å². The Labute approximate surface area is 204 Å². The molecule has 0 amide bonds. The Bertz CT molecular complexity index is 1240. The van der Waals surface area contributed by atoms with Gasteiger partial charge in [0, 0.05) is 36.6 Å². The van der Waals surface area contributed by atoms with E-state index in [2.05, 4.69) is 68.7 Å². The summed E-state index contributed by atoms with van der Waals surface area (Å²) in [5.74, 6) is -0.206. The van der Waals surface area contributed by atoms with Crippen LogP contribution in [-0.2, 0) is 0 Å². The van der Waals surface area contributed by atoms with Crippen LogP contribution in [0.5, 0.6) is 0 Å². The lowest BCUT2D eigenvalue weighted by Gasteiger charge is -2.50. The summed E-state index contributed by atoms with van der Waals surface area (Å²) in [6.07, 6.45) is 6.08. The number of hydrogen-bond donors (Lipinski definition) is 1. The first-order valence-electron chi connectivity index (χ1n) is 12.1. The zero-order valence-electron chi connectivity index (χ0n) is 21.9. The summed E-state index contributed by atoms with van der Waals surface area (Å²) < 4.78 is 17.1. The third-order valence-electron chi connectivity index (χ3n) is 7.06. The van der Waals surface area contributed by atoms with Crippen molar-refractivity contribution in [3.63, 3.8) is 0 Å². The van der Waals surface area contributed by atoms with Crippen molar-refractivity contribution in [3.05, 3.63) is 65.4 Å². The second kappa shape index (κ2) is 8.56. The molecule has 1 fully saturated rings. The third-order valence-corrected chi connectivity index (χ3v) is 7.06. The minimum absolute atomic E-state index is 0.0467. The lowest BCUT2D eigenvalue weighted by molar-refractivity contribution is 0.103. The molecule has 3 heterocycles. The average Bonchev–Trinajstić information content (AvgIpc) is 3.09. The van der Waals surface area contributed by atoms with Crippen LogP contribution in [0.2, 0.25) is 0 Å². The van der Waals surface area contributed by atoms with E-state index in [0.717, 1.165) is 51.9 Å². The molecule has 0 atom stereocenters. The number of imidazole rings is 1. The third kappa shape index (κ3) is 4.93. The van der Waals surface area contributed by atoms with Gasteiger partial charge in [-0.05, 0) is 101 Å². The topological polar surface area (TPSA) is 32.6 Å². The molecular formula is C28H37BFN4. The molecule has 34 heavy (non-hydrogen) atoms. The molecule has 0 spiro atoms. The number of nitrogens with one attached hydrogen (secondary N) is 1. The van der Waals surface area contributed by atoms with Crippen LogP contribution in [0.3, 0.4) is 0 Å². The molecular weight excluding hydrogens is 422 g/mol. The first-order chi connectivity index (χ1) is 15.7. The molecule has 0 unspecified atom stereocenters. The highest BCUT2D eigenvalue weighted by Gasteiger charge is 2.39. The highest BCUT2D eigenvalue weighted by molar-refractivity contribution is 6.61. The summed E-state index contributed by atoms with van der Waals surface area (Å²) in [6.45, 7) is 19.2. The van der Waals surface area contributed by atoms with Gasteiger partial charge in [-0.3, -0.25) is 0 Å². The first kappa shape index (κ1) is 24.5. The summed E-state index contributed by atoms with van der Waals surface area (Å²) >= 11 is 0. The maximum Gasteiger partial charge on any atom is 0.213 e. The molecule has 179 valence electrons. The van der Waals surface area contributed by atoms with Gasteiger partial charge < -0.3 is 14.6 Å². The van der Waals surface area contributed by atoms with Crippen molar-refractivity contribution in [2.75, 3.05) is 7.05 Å². The predicted molar refractivity (Wildman–Crippen MR) is 141 cm³/mol. The normalized spacial score (nSPS) is 17.7. The van der Waals surface area contributed by atoms with E-state index >= 15 is 4.39 Å². The fourth-order valence-corrected chi connectivity index (χ4v) is 5.62. The molecule has 1 N–H and O–H groups in total. The van der Waals surface area contributed by atoms with Crippen molar-refractivity contribution < 1.29 is 4.39 Å². The number of piperidine rings is 1. The van der Waals surface area contributed by atoms with Crippen molar-refractivity contribution in [1.29, 1.82) is 0 Å². The van der Waals surface area contributed by atoms with Crippen molar-refractivity contribution in [2.45, 2.75) is 78.4 Å². The average molecular weight is 459 g/mol. The molecule has 4 rings (SSSR count). The summed E-state index contributed by atoms with van der Waals surface area (Å²) in [5.41, 5.74) is 7.28. The van der Waals surface area contributed by atoms with Gasteiger partial charge >= 0.3 is 0 Å². The number of pyridine rings is 1. The minimum Gasteiger partial charge on any atom is -0.383 e. The van der Waals surface area contributed by atoms with Crippen LogP contribution in [-0.4, -0.2) is 45.7 Å². The number of fused-ring (bicyclic) bond motifs is 1. The lowest BCUT2D eigenvalue weighted by Crippen LogP contribution is -2.61. The van der Waals surface area contributed by atoms with Crippen LogP contribution in [0.15, 0.2) is 42.8 Å². The second-order valence-corrected chi connectivity index (χ2v) is 11.4. The summed E-state index contributed by atoms with van der Waals surface area (Å²) in [6, 6.07) is 6.13. The molecule has 2 aromatic heterocycles. The molecule has 6 heteroatoms. The van der Waals surface area contributed by atoms with Gasteiger partial charge in [-0.1, -0.05) is 18.1 Å². The number of aryl methyl sites for hydroxylation is 2. The molecule has 3 aromatic rings. The zero-order valence-corrected chi connectivity index (χ0v) is 21.9. The molecule has 1 aliphatic rings. The van der Waals surface area contributed by atoms with Gasteiger partial charge in [0.2, 0.25) is 7.28 Å². The second-order valence-electron chi connectivity index (χ2n) is 11.4. The van der Waals surface area contributed by atoms with E-state index in [1.54, 1.807) is 6.07 Å². The Morgan fingerprint density at radius 2 is 1.74 bits per heavy atom. The SMILES string of the molecule is C=C([B]c1cc(-c2cc(C)c3nc(C)cn3c2)cc(F)c1C)N(C)C1CC(C)(C)NC(C)(C)C1. The smallest absolute Gasteiger partial charge is 0.213 e. The Hall–Kier alpha value is -2.60. The van der Waals surface area contributed by atoms with Gasteiger partial charge in [0.1, 0.15) is 11.5 Å². The summed E-state index contributed by atoms with van der Waals surface area (Å²) in [5, 5.41) is 3.74. The van der Waals surface area contributed by atoms with Crippen LogP contribution in [0.4, 0.5) is 4.39 Å². The van der Waals surface area contributed by atoms with E-state index in [-0.39, 0.29) is 16.9 Å². The standard InChI is InChI=1S/C28H37BFN4/c1-17-10-22(16-34-15-18(2)31-26(17)34)21-11-24(19(3)25(30)12-21)29-20(4)33(9)23-13-27(5,6)32-28(7,8)14-23/h10-12,15-16,23,32H,4,13-14H2,1-3,5-9H3. The van der Waals surface area contributed by atoms with Crippen molar-refractivity contribution in [1.82, 2.24) is 19.6 Å². The highest BCUT2D eigenvalue weighted by Crippen LogP contribution is 2.32. The number of halogens is 1. The van der Waals surface area contributed by atoms with Crippen LogP contribution in [0, 0.1) is 26.6 Å². The van der Waals surface area contributed by atoms with Gasteiger partial charge in [-0.15, -0.1) is 0 Å². The summed E-state index contributed by atoms with van der Waals surface area (Å²) in [7, 11) is 4.13. The van der Waals surface area contributed by atoms with Crippen molar-refractivity contribution >= 4 is 18.4 Å². The van der Waals surface area contributed by atoms with E-state index < -0.39 is 0 Å². The van der Waals surface area contributed by atoms with Gasteiger partial charge in [-0.2, -0.15) is 0 Å². The number of aromatic nitrogens is 2. The van der Waals surface area contributed by atoms with Gasteiger partial charge in [0.15, 0.2) is 0 Å².